The van der Waals surface area contributed by atoms with E-state index in [0.29, 0.717) is 36.1 Å². The van der Waals surface area contributed by atoms with Gasteiger partial charge in [0.15, 0.2) is 0 Å². The minimum Gasteiger partial charge on any atom is -0.336 e. The number of benzene rings is 1. The number of hydrogen-bond acceptors (Lipinski definition) is 3. The molecule has 1 aliphatic rings. The van der Waals surface area contributed by atoms with E-state index in [1.54, 1.807) is 10.8 Å². The minimum absolute atomic E-state index is 0.0187. The highest BCUT2D eigenvalue weighted by molar-refractivity contribution is 6.00. The summed E-state index contributed by atoms with van der Waals surface area (Å²) in [4.78, 5) is 27.6. The first-order chi connectivity index (χ1) is 13.0. The molecule has 0 unspecified atom stereocenters. The fraction of sp³-hybridized carbons (Fsp3) is 0.524. The van der Waals surface area contributed by atoms with Crippen molar-refractivity contribution in [2.45, 2.75) is 46.2 Å². The second-order valence-corrected chi connectivity index (χ2v) is 7.70. The van der Waals surface area contributed by atoms with E-state index >= 15 is 0 Å². The molecule has 0 aliphatic carbocycles. The van der Waals surface area contributed by atoms with E-state index in [1.807, 2.05) is 24.3 Å². The van der Waals surface area contributed by atoms with Gasteiger partial charge in [-0.15, -0.1) is 0 Å². The number of aromatic nitrogens is 1. The van der Waals surface area contributed by atoms with Gasteiger partial charge in [0.1, 0.15) is 0 Å². The zero-order chi connectivity index (χ0) is 19.4. The molecule has 0 bridgehead atoms. The number of likely N-dealkylation sites (N-methyl/N-ethyl adjacent to an activating group) is 1. The van der Waals surface area contributed by atoms with Crippen molar-refractivity contribution in [3.63, 3.8) is 0 Å². The molecule has 2 amide bonds. The average molecular weight is 370 g/mol. The van der Waals surface area contributed by atoms with E-state index < -0.39 is 0 Å². The Morgan fingerprint density at radius 2 is 2.00 bits per heavy atom. The molecule has 1 aromatic carbocycles. The van der Waals surface area contributed by atoms with E-state index in [0.717, 1.165) is 24.9 Å². The monoisotopic (exact) mass is 370 g/mol. The fourth-order valence-electron chi connectivity index (χ4n) is 3.89. The van der Waals surface area contributed by atoms with Crippen LogP contribution in [0.3, 0.4) is 0 Å². The first-order valence-corrected chi connectivity index (χ1v) is 9.90. The van der Waals surface area contributed by atoms with Gasteiger partial charge in [0, 0.05) is 36.1 Å². The van der Waals surface area contributed by atoms with Crippen LogP contribution in [0.4, 0.5) is 10.5 Å². The number of nitrogens with zero attached hydrogens (tertiary/aromatic N) is 2. The van der Waals surface area contributed by atoms with Crippen LogP contribution in [-0.2, 0) is 6.54 Å². The molecule has 6 heteroatoms. The van der Waals surface area contributed by atoms with Crippen LogP contribution in [-0.4, -0.2) is 41.2 Å². The Bertz CT molecular complexity index is 859. The zero-order valence-corrected chi connectivity index (χ0v) is 16.5. The maximum Gasteiger partial charge on any atom is 0.319 e. The van der Waals surface area contributed by atoms with Gasteiger partial charge in [0.05, 0.1) is 5.69 Å². The van der Waals surface area contributed by atoms with Gasteiger partial charge in [0.2, 0.25) is 0 Å². The summed E-state index contributed by atoms with van der Waals surface area (Å²) >= 11 is 0. The third-order valence-electron chi connectivity index (χ3n) is 5.21. The molecular weight excluding hydrogens is 340 g/mol. The number of anilines is 1. The van der Waals surface area contributed by atoms with Crippen molar-refractivity contribution in [2.24, 2.45) is 5.92 Å². The van der Waals surface area contributed by atoms with Gasteiger partial charge in [-0.1, -0.05) is 39.0 Å². The highest BCUT2D eigenvalue weighted by Crippen LogP contribution is 2.21. The first-order valence-electron chi connectivity index (χ1n) is 9.90. The molecule has 0 radical (unpaired) electrons. The summed E-state index contributed by atoms with van der Waals surface area (Å²) in [5.41, 5.74) is 0.650. The Balaban J connectivity index is 1.78. The van der Waals surface area contributed by atoms with Crippen LogP contribution in [0.25, 0.3) is 10.8 Å². The maximum atomic E-state index is 12.7. The number of likely N-dealkylation sites (tertiary alicyclic amines) is 1. The number of rotatable bonds is 6. The van der Waals surface area contributed by atoms with Gasteiger partial charge in [-0.25, -0.2) is 4.79 Å². The molecule has 1 atom stereocenters. The SMILES string of the molecule is CCN1CCC[C@H]1CNC(=O)Nc1cn(CC(C)C)c(=O)c2ccccc12. The number of hydrogen-bond donors (Lipinski definition) is 2. The van der Waals surface area contributed by atoms with Gasteiger partial charge in [0.25, 0.3) is 5.56 Å². The van der Waals surface area contributed by atoms with Gasteiger partial charge < -0.3 is 15.2 Å². The van der Waals surface area contributed by atoms with E-state index in [2.05, 4.69) is 36.3 Å². The van der Waals surface area contributed by atoms with Crippen molar-refractivity contribution in [3.05, 3.63) is 40.8 Å². The van der Waals surface area contributed by atoms with Crippen molar-refractivity contribution in [3.8, 4) is 0 Å². The largest absolute Gasteiger partial charge is 0.336 e. The normalized spacial score (nSPS) is 17.6. The van der Waals surface area contributed by atoms with E-state index in [4.69, 9.17) is 0 Å². The van der Waals surface area contributed by atoms with Crippen LogP contribution < -0.4 is 16.2 Å². The molecule has 1 fully saturated rings. The summed E-state index contributed by atoms with van der Waals surface area (Å²) in [5.74, 6) is 0.341. The topological polar surface area (TPSA) is 66.4 Å². The molecule has 3 rings (SSSR count). The zero-order valence-electron chi connectivity index (χ0n) is 16.5. The molecule has 0 saturated carbocycles. The summed E-state index contributed by atoms with van der Waals surface area (Å²) in [6.45, 7) is 9.68. The quantitative estimate of drug-likeness (QED) is 0.820. The number of carbonyl (C=O) groups is 1. The lowest BCUT2D eigenvalue weighted by molar-refractivity contribution is 0.238. The van der Waals surface area contributed by atoms with Gasteiger partial charge in [-0.3, -0.25) is 9.69 Å². The van der Waals surface area contributed by atoms with Gasteiger partial charge in [-0.2, -0.15) is 0 Å². The fourth-order valence-corrected chi connectivity index (χ4v) is 3.89. The summed E-state index contributed by atoms with van der Waals surface area (Å²) in [5, 5.41) is 7.35. The summed E-state index contributed by atoms with van der Waals surface area (Å²) in [6, 6.07) is 7.62. The second-order valence-electron chi connectivity index (χ2n) is 7.70. The number of urea groups is 1. The highest BCUT2D eigenvalue weighted by Gasteiger charge is 2.23. The summed E-state index contributed by atoms with van der Waals surface area (Å²) in [7, 11) is 0. The Kier molecular flexibility index (Phi) is 6.16. The van der Waals surface area contributed by atoms with Gasteiger partial charge >= 0.3 is 6.03 Å². The van der Waals surface area contributed by atoms with Crippen molar-refractivity contribution >= 4 is 22.5 Å². The molecule has 2 aromatic rings. The predicted octanol–water partition coefficient (Wildman–Crippen LogP) is 3.26. The number of carbonyl (C=O) groups excluding carboxylic acids is 1. The third kappa shape index (κ3) is 4.50. The summed E-state index contributed by atoms with van der Waals surface area (Å²) in [6.07, 6.45) is 4.07. The number of pyridine rings is 1. The molecule has 1 aliphatic heterocycles. The van der Waals surface area contributed by atoms with Crippen LogP contribution in [0.2, 0.25) is 0 Å². The van der Waals surface area contributed by atoms with E-state index in [1.165, 1.54) is 6.42 Å². The molecule has 6 nitrogen and oxygen atoms in total. The maximum absolute atomic E-state index is 12.7. The Morgan fingerprint density at radius 1 is 1.26 bits per heavy atom. The Morgan fingerprint density at radius 3 is 2.70 bits per heavy atom. The van der Waals surface area contributed by atoms with E-state index in [-0.39, 0.29) is 11.6 Å². The van der Waals surface area contributed by atoms with Crippen LogP contribution >= 0.6 is 0 Å². The molecule has 2 heterocycles. The van der Waals surface area contributed by atoms with Crippen LogP contribution in [0.5, 0.6) is 0 Å². The molecular formula is C21H30N4O2. The predicted molar refractivity (Wildman–Crippen MR) is 110 cm³/mol. The first kappa shape index (κ1) is 19.4. The molecule has 146 valence electrons. The van der Waals surface area contributed by atoms with Gasteiger partial charge in [-0.05, 0) is 37.9 Å². The lowest BCUT2D eigenvalue weighted by atomic mass is 10.1. The van der Waals surface area contributed by atoms with Crippen LogP contribution in [0.15, 0.2) is 35.3 Å². The second kappa shape index (κ2) is 8.57. The smallest absolute Gasteiger partial charge is 0.319 e. The molecule has 2 N–H and O–H groups in total. The standard InChI is InChI=1S/C21H30N4O2/c1-4-24-11-7-8-16(24)12-22-21(27)23-19-14-25(13-15(2)3)20(26)18-10-6-5-9-17(18)19/h5-6,9-10,14-16H,4,7-8,11-13H2,1-3H3,(H2,22,23,27)/t16-/m0/s1. The summed E-state index contributed by atoms with van der Waals surface area (Å²) < 4.78 is 1.69. The number of amides is 2. The average Bonchev–Trinajstić information content (AvgIpc) is 3.11. The van der Waals surface area contributed by atoms with E-state index in [9.17, 15) is 9.59 Å². The van der Waals surface area contributed by atoms with Crippen molar-refractivity contribution in [2.75, 3.05) is 25.0 Å². The lowest BCUT2D eigenvalue weighted by Crippen LogP contribution is -2.41. The number of fused-ring (bicyclic) bond motifs is 1. The molecule has 1 saturated heterocycles. The van der Waals surface area contributed by atoms with Crippen molar-refractivity contribution < 1.29 is 4.79 Å². The van der Waals surface area contributed by atoms with Crippen molar-refractivity contribution in [1.82, 2.24) is 14.8 Å². The lowest BCUT2D eigenvalue weighted by Gasteiger charge is -2.23. The van der Waals surface area contributed by atoms with Crippen molar-refractivity contribution in [1.29, 1.82) is 0 Å². The van der Waals surface area contributed by atoms with Crippen LogP contribution in [0.1, 0.15) is 33.6 Å². The molecule has 1 aromatic heterocycles. The third-order valence-corrected chi connectivity index (χ3v) is 5.21. The molecule has 27 heavy (non-hydrogen) atoms. The minimum atomic E-state index is -0.224. The highest BCUT2D eigenvalue weighted by atomic mass is 16.2. The van der Waals surface area contributed by atoms with Crippen LogP contribution in [0, 0.1) is 5.92 Å². The Labute approximate surface area is 160 Å². The Hall–Kier alpha value is -2.34. The molecule has 0 spiro atoms. The number of nitrogens with one attached hydrogen (secondary N) is 2.